The van der Waals surface area contributed by atoms with Crippen LogP contribution in [0.3, 0.4) is 0 Å². The Hall–Kier alpha value is -2.54. The van der Waals surface area contributed by atoms with Crippen LogP contribution in [0.1, 0.15) is 18.1 Å². The third kappa shape index (κ3) is 5.15. The highest BCUT2D eigenvalue weighted by Gasteiger charge is 1.98. The summed E-state index contributed by atoms with van der Waals surface area (Å²) in [7, 11) is 0. The standard InChI is InChI=1S/C20H20O/c1-16(2)9-10-17(3)21-20-13-11-19(12-14-20)15-18-7-5-4-6-8-18/h4-14H,1,3,15H2,2H3/b10-9-. The summed E-state index contributed by atoms with van der Waals surface area (Å²) in [4.78, 5) is 0. The highest BCUT2D eigenvalue weighted by Crippen LogP contribution is 2.17. The van der Waals surface area contributed by atoms with Crippen molar-refractivity contribution in [3.63, 3.8) is 0 Å². The first-order valence-corrected chi connectivity index (χ1v) is 6.97. The van der Waals surface area contributed by atoms with Gasteiger partial charge in [-0.3, -0.25) is 0 Å². The lowest BCUT2D eigenvalue weighted by Gasteiger charge is -2.07. The van der Waals surface area contributed by atoms with Crippen LogP contribution >= 0.6 is 0 Å². The molecule has 2 aromatic carbocycles. The van der Waals surface area contributed by atoms with Crippen LogP contribution in [0, 0.1) is 0 Å². The lowest BCUT2D eigenvalue weighted by Crippen LogP contribution is -1.92. The fourth-order valence-electron chi connectivity index (χ4n) is 1.93. The van der Waals surface area contributed by atoms with Gasteiger partial charge in [0, 0.05) is 0 Å². The molecule has 0 radical (unpaired) electrons. The quantitative estimate of drug-likeness (QED) is 0.513. The fourth-order valence-corrected chi connectivity index (χ4v) is 1.93. The van der Waals surface area contributed by atoms with E-state index in [0.717, 1.165) is 17.7 Å². The van der Waals surface area contributed by atoms with Crippen LogP contribution in [0.5, 0.6) is 5.75 Å². The number of benzene rings is 2. The van der Waals surface area contributed by atoms with Crippen molar-refractivity contribution in [2.45, 2.75) is 13.3 Å². The van der Waals surface area contributed by atoms with E-state index in [4.69, 9.17) is 4.74 Å². The maximum atomic E-state index is 5.65. The van der Waals surface area contributed by atoms with Crippen LogP contribution in [0.2, 0.25) is 0 Å². The molecule has 0 aliphatic carbocycles. The molecule has 0 N–H and O–H groups in total. The Morgan fingerprint density at radius 3 is 2.14 bits per heavy atom. The van der Waals surface area contributed by atoms with Crippen molar-refractivity contribution in [2.24, 2.45) is 0 Å². The number of hydrogen-bond donors (Lipinski definition) is 0. The van der Waals surface area contributed by atoms with Gasteiger partial charge in [0.25, 0.3) is 0 Å². The minimum Gasteiger partial charge on any atom is -0.458 e. The second kappa shape index (κ2) is 7.30. The van der Waals surface area contributed by atoms with E-state index in [1.165, 1.54) is 11.1 Å². The zero-order valence-electron chi connectivity index (χ0n) is 12.4. The van der Waals surface area contributed by atoms with Crippen LogP contribution in [0.4, 0.5) is 0 Å². The second-order valence-electron chi connectivity index (χ2n) is 5.05. The molecular weight excluding hydrogens is 256 g/mol. The molecule has 106 valence electrons. The van der Waals surface area contributed by atoms with Gasteiger partial charge in [0.15, 0.2) is 0 Å². The average molecular weight is 276 g/mol. The molecule has 0 heterocycles. The van der Waals surface area contributed by atoms with E-state index in [0.29, 0.717) is 5.76 Å². The number of hydrogen-bond acceptors (Lipinski definition) is 1. The van der Waals surface area contributed by atoms with Gasteiger partial charge >= 0.3 is 0 Å². The Kier molecular flexibility index (Phi) is 5.16. The second-order valence-corrected chi connectivity index (χ2v) is 5.05. The molecule has 2 aromatic rings. The molecule has 0 unspecified atom stereocenters. The van der Waals surface area contributed by atoms with Crippen molar-refractivity contribution < 1.29 is 4.74 Å². The monoisotopic (exact) mass is 276 g/mol. The van der Waals surface area contributed by atoms with Crippen molar-refractivity contribution in [1.29, 1.82) is 0 Å². The Bertz CT molecular complexity index is 633. The summed E-state index contributed by atoms with van der Waals surface area (Å²) in [5.74, 6) is 1.40. The molecule has 0 fully saturated rings. The molecule has 0 saturated heterocycles. The Morgan fingerprint density at radius 1 is 0.905 bits per heavy atom. The predicted octanol–water partition coefficient (Wildman–Crippen LogP) is 5.30. The summed E-state index contributed by atoms with van der Waals surface area (Å²) in [5.41, 5.74) is 3.54. The Labute approximate surface area is 126 Å². The summed E-state index contributed by atoms with van der Waals surface area (Å²) >= 11 is 0. The number of ether oxygens (including phenoxy) is 1. The predicted molar refractivity (Wildman–Crippen MR) is 89.4 cm³/mol. The smallest absolute Gasteiger partial charge is 0.127 e. The molecule has 0 spiro atoms. The van der Waals surface area contributed by atoms with Crippen molar-refractivity contribution >= 4 is 0 Å². The van der Waals surface area contributed by atoms with Gasteiger partial charge in [0.1, 0.15) is 11.5 Å². The molecule has 0 bridgehead atoms. The van der Waals surface area contributed by atoms with Crippen LogP contribution in [-0.2, 0) is 6.42 Å². The SMILES string of the molecule is C=C(C)/C=C\C(=C)Oc1ccc(Cc2ccccc2)cc1. The number of rotatable bonds is 6. The minimum absolute atomic E-state index is 0.605. The molecule has 0 atom stereocenters. The molecule has 0 aromatic heterocycles. The molecule has 0 amide bonds. The zero-order valence-corrected chi connectivity index (χ0v) is 12.4. The Morgan fingerprint density at radius 2 is 1.52 bits per heavy atom. The van der Waals surface area contributed by atoms with Gasteiger partial charge in [-0.2, -0.15) is 0 Å². The summed E-state index contributed by atoms with van der Waals surface area (Å²) in [6.07, 6.45) is 4.63. The first kappa shape index (κ1) is 14.9. The summed E-state index contributed by atoms with van der Waals surface area (Å²) < 4.78 is 5.65. The summed E-state index contributed by atoms with van der Waals surface area (Å²) in [6.45, 7) is 9.60. The van der Waals surface area contributed by atoms with Gasteiger partial charge in [0.2, 0.25) is 0 Å². The first-order chi connectivity index (χ1) is 10.1. The van der Waals surface area contributed by atoms with E-state index < -0.39 is 0 Å². The van der Waals surface area contributed by atoms with E-state index in [1.807, 2.05) is 37.3 Å². The fraction of sp³-hybridized carbons (Fsp3) is 0.100. The van der Waals surface area contributed by atoms with E-state index >= 15 is 0 Å². The highest BCUT2D eigenvalue weighted by atomic mass is 16.5. The van der Waals surface area contributed by atoms with Gasteiger partial charge < -0.3 is 4.74 Å². The first-order valence-electron chi connectivity index (χ1n) is 6.97. The minimum atomic E-state index is 0.605. The molecule has 0 saturated carbocycles. The lowest BCUT2D eigenvalue weighted by atomic mass is 10.1. The van der Waals surface area contributed by atoms with Crippen LogP contribution in [0.25, 0.3) is 0 Å². The third-order valence-electron chi connectivity index (χ3n) is 2.98. The molecule has 1 nitrogen and oxygen atoms in total. The molecule has 2 rings (SSSR count). The molecule has 0 aliphatic heterocycles. The molecule has 0 aliphatic rings. The van der Waals surface area contributed by atoms with E-state index in [-0.39, 0.29) is 0 Å². The molecule has 21 heavy (non-hydrogen) atoms. The van der Waals surface area contributed by atoms with Crippen molar-refractivity contribution in [3.8, 4) is 5.75 Å². The van der Waals surface area contributed by atoms with E-state index in [2.05, 4.69) is 49.6 Å². The summed E-state index contributed by atoms with van der Waals surface area (Å²) in [6, 6.07) is 18.5. The maximum absolute atomic E-state index is 5.65. The average Bonchev–Trinajstić information content (AvgIpc) is 2.48. The van der Waals surface area contributed by atoms with Gasteiger partial charge in [-0.15, -0.1) is 0 Å². The van der Waals surface area contributed by atoms with Crippen molar-refractivity contribution in [3.05, 3.63) is 102 Å². The van der Waals surface area contributed by atoms with E-state index in [9.17, 15) is 0 Å². The van der Waals surface area contributed by atoms with Crippen LogP contribution in [0.15, 0.2) is 91.2 Å². The Balaban J connectivity index is 1.96. The maximum Gasteiger partial charge on any atom is 0.127 e. The third-order valence-corrected chi connectivity index (χ3v) is 2.98. The van der Waals surface area contributed by atoms with Gasteiger partial charge in [-0.25, -0.2) is 0 Å². The van der Waals surface area contributed by atoms with Crippen molar-refractivity contribution in [1.82, 2.24) is 0 Å². The van der Waals surface area contributed by atoms with Gasteiger partial charge in [0.05, 0.1) is 0 Å². The topological polar surface area (TPSA) is 9.23 Å². The lowest BCUT2D eigenvalue weighted by molar-refractivity contribution is 0.447. The molecule has 1 heteroatoms. The van der Waals surface area contributed by atoms with Gasteiger partial charge in [-0.1, -0.05) is 67.3 Å². The van der Waals surface area contributed by atoms with E-state index in [1.54, 1.807) is 0 Å². The van der Waals surface area contributed by atoms with Crippen LogP contribution < -0.4 is 4.74 Å². The molecular formula is C20H20O. The normalized spacial score (nSPS) is 10.5. The van der Waals surface area contributed by atoms with Crippen molar-refractivity contribution in [2.75, 3.05) is 0 Å². The summed E-state index contributed by atoms with van der Waals surface area (Å²) in [5, 5.41) is 0. The highest BCUT2D eigenvalue weighted by molar-refractivity contribution is 5.33. The number of allylic oxidation sites excluding steroid dienone is 3. The van der Waals surface area contributed by atoms with Crippen LogP contribution in [-0.4, -0.2) is 0 Å². The van der Waals surface area contributed by atoms with Gasteiger partial charge in [-0.05, 0) is 42.7 Å². The largest absolute Gasteiger partial charge is 0.458 e. The zero-order chi connectivity index (χ0) is 15.1.